The summed E-state index contributed by atoms with van der Waals surface area (Å²) < 4.78 is 0. The third-order valence-corrected chi connectivity index (χ3v) is 4.33. The fourth-order valence-electron chi connectivity index (χ4n) is 2.18. The molecule has 0 spiro atoms. The molecule has 1 aromatic carbocycles. The number of benzene rings is 1. The lowest BCUT2D eigenvalue weighted by atomic mass is 10.0. The highest BCUT2D eigenvalue weighted by atomic mass is 32.2. The zero-order chi connectivity index (χ0) is 15.6. The number of hydrogen-bond donors (Lipinski definition) is 1. The van der Waals surface area contributed by atoms with Crippen LogP contribution in [-0.4, -0.2) is 16.1 Å². The fraction of sp³-hybridized carbons (Fsp3) is 0.294. The van der Waals surface area contributed by atoms with Crippen molar-refractivity contribution >= 4 is 17.7 Å². The largest absolute Gasteiger partial charge is 0.478 e. The van der Waals surface area contributed by atoms with Crippen LogP contribution in [0.25, 0.3) is 0 Å². The average Bonchev–Trinajstić information content (AvgIpc) is 2.37. The van der Waals surface area contributed by atoms with Gasteiger partial charge in [-0.2, -0.15) is 0 Å². The molecule has 0 saturated carbocycles. The van der Waals surface area contributed by atoms with Crippen molar-refractivity contribution in [3.05, 3.63) is 52.8 Å². The quantitative estimate of drug-likeness (QED) is 0.891. The number of pyridine rings is 1. The molecule has 0 unspecified atom stereocenters. The van der Waals surface area contributed by atoms with E-state index in [0.717, 1.165) is 15.5 Å². The zero-order valence-corrected chi connectivity index (χ0v) is 13.5. The Labute approximate surface area is 129 Å². The summed E-state index contributed by atoms with van der Waals surface area (Å²) in [6, 6.07) is 10.1. The molecule has 0 bridgehead atoms. The number of carbonyl (C=O) groups is 1. The lowest BCUT2D eigenvalue weighted by molar-refractivity contribution is 0.0691. The molecule has 1 N–H and O–H groups in total. The molecule has 0 saturated heterocycles. The number of aromatic nitrogens is 1. The van der Waals surface area contributed by atoms with Gasteiger partial charge in [-0.05, 0) is 43.5 Å². The van der Waals surface area contributed by atoms with Crippen LogP contribution in [0, 0.1) is 13.8 Å². The van der Waals surface area contributed by atoms with E-state index in [0.29, 0.717) is 17.2 Å². The van der Waals surface area contributed by atoms with Crippen LogP contribution in [0.3, 0.4) is 0 Å². The molecule has 3 nitrogen and oxygen atoms in total. The average molecular weight is 301 g/mol. The molecule has 0 fully saturated rings. The second-order valence-corrected chi connectivity index (χ2v) is 6.47. The summed E-state index contributed by atoms with van der Waals surface area (Å²) in [5.41, 5.74) is 2.96. The summed E-state index contributed by atoms with van der Waals surface area (Å²) in [5, 5.41) is 9.38. The van der Waals surface area contributed by atoms with E-state index in [2.05, 4.69) is 31.0 Å². The first-order chi connectivity index (χ1) is 9.88. The summed E-state index contributed by atoms with van der Waals surface area (Å²) in [4.78, 5) is 17.4. The van der Waals surface area contributed by atoms with Crippen LogP contribution in [0.2, 0.25) is 0 Å². The van der Waals surface area contributed by atoms with E-state index in [1.807, 2.05) is 25.1 Å². The fourth-order valence-corrected chi connectivity index (χ4v) is 3.27. The number of aromatic carboxylic acids is 1. The second kappa shape index (κ2) is 6.31. The second-order valence-electron chi connectivity index (χ2n) is 5.35. The van der Waals surface area contributed by atoms with Crippen LogP contribution in [0.15, 0.2) is 40.1 Å². The van der Waals surface area contributed by atoms with Crippen LogP contribution in [0.4, 0.5) is 0 Å². The van der Waals surface area contributed by atoms with Gasteiger partial charge >= 0.3 is 5.97 Å². The van der Waals surface area contributed by atoms with Gasteiger partial charge in [0, 0.05) is 15.5 Å². The Balaban J connectivity index is 2.37. The van der Waals surface area contributed by atoms with Gasteiger partial charge in [0.1, 0.15) is 0 Å². The Hall–Kier alpha value is -1.81. The van der Waals surface area contributed by atoms with Gasteiger partial charge in [-0.3, -0.25) is 4.98 Å². The number of aryl methyl sites for hydroxylation is 2. The van der Waals surface area contributed by atoms with E-state index in [-0.39, 0.29) is 0 Å². The molecule has 0 aliphatic carbocycles. The van der Waals surface area contributed by atoms with Crippen molar-refractivity contribution in [2.75, 3.05) is 0 Å². The lowest BCUT2D eigenvalue weighted by Crippen LogP contribution is -2.05. The monoisotopic (exact) mass is 301 g/mol. The Morgan fingerprint density at radius 3 is 2.33 bits per heavy atom. The van der Waals surface area contributed by atoms with Crippen molar-refractivity contribution in [3.8, 4) is 0 Å². The molecule has 0 atom stereocenters. The first-order valence-electron chi connectivity index (χ1n) is 6.88. The molecule has 1 heterocycles. The topological polar surface area (TPSA) is 50.2 Å². The first-order valence-corrected chi connectivity index (χ1v) is 7.69. The van der Waals surface area contributed by atoms with Crippen molar-refractivity contribution in [1.82, 2.24) is 4.98 Å². The molecular weight excluding hydrogens is 282 g/mol. The highest BCUT2D eigenvalue weighted by Crippen LogP contribution is 2.32. The van der Waals surface area contributed by atoms with Crippen molar-refractivity contribution in [3.63, 3.8) is 0 Å². The maximum atomic E-state index is 11.4. The molecule has 0 aliphatic rings. The van der Waals surface area contributed by atoms with Crippen LogP contribution >= 0.6 is 11.8 Å². The Morgan fingerprint density at radius 1 is 1.19 bits per heavy atom. The third kappa shape index (κ3) is 3.64. The smallest absolute Gasteiger partial charge is 0.338 e. The van der Waals surface area contributed by atoms with Crippen molar-refractivity contribution in [2.24, 2.45) is 0 Å². The van der Waals surface area contributed by atoms with E-state index < -0.39 is 5.97 Å². The van der Waals surface area contributed by atoms with E-state index in [9.17, 15) is 9.90 Å². The SMILES string of the molecule is Cc1cc(Sc2ccc(C(C)C)cc2)c(C(=O)O)c(C)n1. The van der Waals surface area contributed by atoms with Crippen LogP contribution in [0.5, 0.6) is 0 Å². The summed E-state index contributed by atoms with van der Waals surface area (Å²) in [6.07, 6.45) is 0. The Kier molecular flexibility index (Phi) is 4.68. The van der Waals surface area contributed by atoms with Gasteiger partial charge in [0.25, 0.3) is 0 Å². The molecule has 0 amide bonds. The van der Waals surface area contributed by atoms with Crippen LogP contribution < -0.4 is 0 Å². The maximum Gasteiger partial charge on any atom is 0.338 e. The van der Waals surface area contributed by atoms with Gasteiger partial charge in [-0.25, -0.2) is 4.79 Å². The Morgan fingerprint density at radius 2 is 1.81 bits per heavy atom. The number of carboxylic acid groups (broad SMARTS) is 1. The predicted octanol–water partition coefficient (Wildman–Crippen LogP) is 4.67. The van der Waals surface area contributed by atoms with Gasteiger partial charge in [-0.1, -0.05) is 37.7 Å². The van der Waals surface area contributed by atoms with Gasteiger partial charge < -0.3 is 5.11 Å². The maximum absolute atomic E-state index is 11.4. The normalized spacial score (nSPS) is 10.9. The molecule has 1 aromatic heterocycles. The summed E-state index contributed by atoms with van der Waals surface area (Å²) >= 11 is 1.47. The van der Waals surface area contributed by atoms with Gasteiger partial charge in [-0.15, -0.1) is 0 Å². The van der Waals surface area contributed by atoms with Crippen LogP contribution in [0.1, 0.15) is 47.1 Å². The molecule has 0 radical (unpaired) electrons. The molecule has 0 aliphatic heterocycles. The van der Waals surface area contributed by atoms with Crippen molar-refractivity contribution in [1.29, 1.82) is 0 Å². The lowest BCUT2D eigenvalue weighted by Gasteiger charge is -2.11. The number of hydrogen-bond acceptors (Lipinski definition) is 3. The summed E-state index contributed by atoms with van der Waals surface area (Å²) in [7, 11) is 0. The molecule has 21 heavy (non-hydrogen) atoms. The van der Waals surface area contributed by atoms with E-state index in [1.54, 1.807) is 6.92 Å². The van der Waals surface area contributed by atoms with E-state index >= 15 is 0 Å². The predicted molar refractivity (Wildman–Crippen MR) is 85.3 cm³/mol. The molecule has 2 rings (SSSR count). The zero-order valence-electron chi connectivity index (χ0n) is 12.7. The van der Waals surface area contributed by atoms with Crippen LogP contribution in [-0.2, 0) is 0 Å². The number of rotatable bonds is 4. The minimum atomic E-state index is -0.929. The third-order valence-electron chi connectivity index (χ3n) is 3.28. The van der Waals surface area contributed by atoms with Gasteiger partial charge in [0.15, 0.2) is 0 Å². The molecule has 4 heteroatoms. The van der Waals surface area contributed by atoms with E-state index in [1.165, 1.54) is 17.3 Å². The highest BCUT2D eigenvalue weighted by molar-refractivity contribution is 7.99. The standard InChI is InChI=1S/C17H19NO2S/c1-10(2)13-5-7-14(8-6-13)21-15-9-11(3)18-12(4)16(15)17(19)20/h5-10H,1-4H3,(H,19,20). The molecular formula is C17H19NO2S. The Bertz CT molecular complexity index is 663. The molecule has 2 aromatic rings. The number of nitrogens with zero attached hydrogens (tertiary/aromatic N) is 1. The highest BCUT2D eigenvalue weighted by Gasteiger charge is 2.16. The summed E-state index contributed by atoms with van der Waals surface area (Å²) in [6.45, 7) is 7.92. The van der Waals surface area contributed by atoms with Gasteiger partial charge in [0.05, 0.1) is 11.3 Å². The van der Waals surface area contributed by atoms with Gasteiger partial charge in [0.2, 0.25) is 0 Å². The summed E-state index contributed by atoms with van der Waals surface area (Å²) in [5.74, 6) is -0.439. The van der Waals surface area contributed by atoms with E-state index in [4.69, 9.17) is 0 Å². The van der Waals surface area contributed by atoms with Crippen molar-refractivity contribution < 1.29 is 9.90 Å². The first kappa shape index (κ1) is 15.6. The molecule has 110 valence electrons. The minimum absolute atomic E-state index is 0.290. The van der Waals surface area contributed by atoms with Crippen molar-refractivity contribution in [2.45, 2.75) is 43.4 Å². The number of carboxylic acids is 1. The minimum Gasteiger partial charge on any atom is -0.478 e.